The van der Waals surface area contributed by atoms with Gasteiger partial charge in [0.1, 0.15) is 0 Å². The molecule has 0 heterocycles. The van der Waals surface area contributed by atoms with Crippen molar-refractivity contribution in [3.63, 3.8) is 0 Å². The highest BCUT2D eigenvalue weighted by Gasteiger charge is 2.28. The molecular formula is C12H12Cl2N2O4. The Hall–Kier alpha value is -1.79. The van der Waals surface area contributed by atoms with E-state index in [0.29, 0.717) is 0 Å². The van der Waals surface area contributed by atoms with Gasteiger partial charge < -0.3 is 10.4 Å². The van der Waals surface area contributed by atoms with Gasteiger partial charge in [0.2, 0.25) is 5.91 Å². The van der Waals surface area contributed by atoms with Crippen molar-refractivity contribution in [3.8, 4) is 0 Å². The molecule has 0 aliphatic carbocycles. The topological polar surface area (TPSA) is 86.7 Å². The van der Waals surface area contributed by atoms with Gasteiger partial charge in [-0.25, -0.2) is 9.59 Å². The standard InChI is InChI=1S/C12H12Cl2N2O4/c1-6(17)16(2)12(20)15-10(11(18)19)9-7(13)4-3-5-8(9)14/h3-5,10H,1-2H3,(H,15,20)(H,18,19). The number of amides is 3. The number of hydrogen-bond donors (Lipinski definition) is 2. The first-order chi connectivity index (χ1) is 9.25. The molecule has 0 saturated heterocycles. The fraction of sp³-hybridized carbons (Fsp3) is 0.250. The summed E-state index contributed by atoms with van der Waals surface area (Å²) in [6.07, 6.45) is 0. The molecule has 1 aromatic rings. The molecule has 0 radical (unpaired) electrons. The van der Waals surface area contributed by atoms with Crippen molar-refractivity contribution in [3.05, 3.63) is 33.8 Å². The average Bonchev–Trinajstić information content (AvgIpc) is 2.35. The van der Waals surface area contributed by atoms with E-state index in [1.165, 1.54) is 26.1 Å². The quantitative estimate of drug-likeness (QED) is 0.895. The number of carbonyl (C=O) groups excluding carboxylic acids is 2. The average molecular weight is 319 g/mol. The SMILES string of the molecule is CC(=O)N(C)C(=O)NC(C(=O)O)c1c(Cl)cccc1Cl. The normalized spacial score (nSPS) is 11.6. The second-order valence-corrected chi connectivity index (χ2v) is 4.75. The van der Waals surface area contributed by atoms with Crippen LogP contribution < -0.4 is 5.32 Å². The Labute approximate surface area is 125 Å². The third kappa shape index (κ3) is 3.61. The highest BCUT2D eigenvalue weighted by Crippen LogP contribution is 2.30. The van der Waals surface area contributed by atoms with Crippen LogP contribution in [0.25, 0.3) is 0 Å². The van der Waals surface area contributed by atoms with Crippen molar-refractivity contribution in [2.75, 3.05) is 7.05 Å². The summed E-state index contributed by atoms with van der Waals surface area (Å²) in [6.45, 7) is 1.18. The molecule has 8 heteroatoms. The van der Waals surface area contributed by atoms with Gasteiger partial charge in [-0.2, -0.15) is 0 Å². The highest BCUT2D eigenvalue weighted by atomic mass is 35.5. The number of imide groups is 1. The molecule has 108 valence electrons. The van der Waals surface area contributed by atoms with Crippen molar-refractivity contribution in [1.82, 2.24) is 10.2 Å². The van der Waals surface area contributed by atoms with Crippen LogP contribution in [0, 0.1) is 0 Å². The van der Waals surface area contributed by atoms with Gasteiger partial charge in [0.15, 0.2) is 6.04 Å². The Morgan fingerprint density at radius 3 is 2.15 bits per heavy atom. The van der Waals surface area contributed by atoms with Crippen LogP contribution in [0.2, 0.25) is 10.0 Å². The van der Waals surface area contributed by atoms with Crippen molar-refractivity contribution < 1.29 is 19.5 Å². The molecule has 1 atom stereocenters. The predicted molar refractivity (Wildman–Crippen MR) is 73.8 cm³/mol. The van der Waals surface area contributed by atoms with Crippen molar-refractivity contribution in [2.24, 2.45) is 0 Å². The summed E-state index contributed by atoms with van der Waals surface area (Å²) in [5.41, 5.74) is 0.0636. The van der Waals surface area contributed by atoms with Gasteiger partial charge in [0, 0.05) is 29.6 Å². The first kappa shape index (κ1) is 16.3. The van der Waals surface area contributed by atoms with E-state index in [9.17, 15) is 19.5 Å². The summed E-state index contributed by atoms with van der Waals surface area (Å²) < 4.78 is 0. The Balaban J connectivity index is 3.11. The number of benzene rings is 1. The van der Waals surface area contributed by atoms with Crippen LogP contribution in [0.1, 0.15) is 18.5 Å². The summed E-state index contributed by atoms with van der Waals surface area (Å²) >= 11 is 11.8. The minimum Gasteiger partial charge on any atom is -0.479 e. The Morgan fingerprint density at radius 1 is 1.25 bits per heavy atom. The molecule has 6 nitrogen and oxygen atoms in total. The van der Waals surface area contributed by atoms with E-state index in [1.54, 1.807) is 6.07 Å². The molecular weight excluding hydrogens is 307 g/mol. The number of nitrogens with one attached hydrogen (secondary N) is 1. The monoisotopic (exact) mass is 318 g/mol. The minimum atomic E-state index is -1.45. The smallest absolute Gasteiger partial charge is 0.331 e. The van der Waals surface area contributed by atoms with Crippen LogP contribution in [-0.2, 0) is 9.59 Å². The van der Waals surface area contributed by atoms with Gasteiger partial charge >= 0.3 is 12.0 Å². The number of nitrogens with zero attached hydrogens (tertiary/aromatic N) is 1. The summed E-state index contributed by atoms with van der Waals surface area (Å²) in [7, 11) is 1.23. The molecule has 1 unspecified atom stereocenters. The fourth-order valence-electron chi connectivity index (χ4n) is 1.41. The number of urea groups is 1. The van der Waals surface area contributed by atoms with Gasteiger partial charge in [-0.15, -0.1) is 0 Å². The van der Waals surface area contributed by atoms with Crippen LogP contribution in [0.3, 0.4) is 0 Å². The summed E-state index contributed by atoms with van der Waals surface area (Å²) in [6, 6.07) is 2.15. The fourth-order valence-corrected chi connectivity index (χ4v) is 2.02. The largest absolute Gasteiger partial charge is 0.479 e. The lowest BCUT2D eigenvalue weighted by molar-refractivity contribution is -0.139. The molecule has 20 heavy (non-hydrogen) atoms. The van der Waals surface area contributed by atoms with Crippen LogP contribution in [-0.4, -0.2) is 35.0 Å². The van der Waals surface area contributed by atoms with E-state index >= 15 is 0 Å². The van der Waals surface area contributed by atoms with E-state index in [2.05, 4.69) is 5.32 Å². The van der Waals surface area contributed by atoms with E-state index in [1.807, 2.05) is 0 Å². The molecule has 0 aliphatic heterocycles. The minimum absolute atomic E-state index is 0.0636. The van der Waals surface area contributed by atoms with E-state index < -0.39 is 23.9 Å². The second-order valence-electron chi connectivity index (χ2n) is 3.93. The molecule has 0 aliphatic rings. The van der Waals surface area contributed by atoms with Crippen molar-refractivity contribution in [1.29, 1.82) is 0 Å². The number of carboxylic acid groups (broad SMARTS) is 1. The molecule has 2 N–H and O–H groups in total. The molecule has 0 bridgehead atoms. The summed E-state index contributed by atoms with van der Waals surface area (Å²) in [5, 5.41) is 11.6. The number of rotatable bonds is 3. The number of carboxylic acids is 1. The molecule has 0 spiro atoms. The lowest BCUT2D eigenvalue weighted by atomic mass is 10.1. The molecule has 1 aromatic carbocycles. The Bertz CT molecular complexity index is 542. The van der Waals surface area contributed by atoms with Gasteiger partial charge in [0.05, 0.1) is 0 Å². The third-order valence-corrected chi connectivity index (χ3v) is 3.24. The molecule has 0 saturated carbocycles. The van der Waals surface area contributed by atoms with E-state index in [4.69, 9.17) is 23.2 Å². The third-order valence-electron chi connectivity index (χ3n) is 2.58. The number of aliphatic carboxylic acids is 1. The zero-order valence-electron chi connectivity index (χ0n) is 10.7. The Kier molecular flexibility index (Phi) is 5.35. The van der Waals surface area contributed by atoms with Crippen molar-refractivity contribution in [2.45, 2.75) is 13.0 Å². The number of hydrogen-bond acceptors (Lipinski definition) is 3. The summed E-state index contributed by atoms with van der Waals surface area (Å²) in [4.78, 5) is 34.9. The van der Waals surface area contributed by atoms with Crippen LogP contribution in [0.5, 0.6) is 0 Å². The van der Waals surface area contributed by atoms with Gasteiger partial charge in [0.25, 0.3) is 0 Å². The lowest BCUT2D eigenvalue weighted by Gasteiger charge is -2.20. The first-order valence-electron chi connectivity index (χ1n) is 5.47. The van der Waals surface area contributed by atoms with E-state index in [0.717, 1.165) is 4.90 Å². The van der Waals surface area contributed by atoms with Crippen LogP contribution in [0.4, 0.5) is 4.79 Å². The molecule has 3 amide bonds. The summed E-state index contributed by atoms with van der Waals surface area (Å²) in [5.74, 6) is -1.87. The van der Waals surface area contributed by atoms with Crippen molar-refractivity contribution >= 4 is 41.1 Å². The second kappa shape index (κ2) is 6.58. The van der Waals surface area contributed by atoms with Crippen LogP contribution in [0.15, 0.2) is 18.2 Å². The maximum absolute atomic E-state index is 11.7. The lowest BCUT2D eigenvalue weighted by Crippen LogP contribution is -2.44. The maximum atomic E-state index is 11.7. The van der Waals surface area contributed by atoms with E-state index in [-0.39, 0.29) is 15.6 Å². The first-order valence-corrected chi connectivity index (χ1v) is 6.22. The Morgan fingerprint density at radius 2 is 1.75 bits per heavy atom. The zero-order chi connectivity index (χ0) is 15.4. The van der Waals surface area contributed by atoms with Gasteiger partial charge in [-0.1, -0.05) is 29.3 Å². The zero-order valence-corrected chi connectivity index (χ0v) is 12.2. The van der Waals surface area contributed by atoms with Gasteiger partial charge in [-0.3, -0.25) is 9.69 Å². The predicted octanol–water partition coefficient (Wildman–Crippen LogP) is 2.31. The van der Waals surface area contributed by atoms with Crippen LogP contribution >= 0.6 is 23.2 Å². The molecule has 0 fully saturated rings. The molecule has 0 aromatic heterocycles. The number of carbonyl (C=O) groups is 3. The highest BCUT2D eigenvalue weighted by molar-refractivity contribution is 6.36. The number of halogens is 2. The maximum Gasteiger partial charge on any atom is 0.331 e. The van der Waals surface area contributed by atoms with Gasteiger partial charge in [-0.05, 0) is 12.1 Å². The molecule has 1 rings (SSSR count).